The first-order valence-electron chi connectivity index (χ1n) is 6.39. The summed E-state index contributed by atoms with van der Waals surface area (Å²) in [5.74, 6) is 1.30. The van der Waals surface area contributed by atoms with Crippen molar-refractivity contribution in [2.75, 3.05) is 7.11 Å². The number of ether oxygens (including phenoxy) is 1. The molecule has 0 radical (unpaired) electrons. The van der Waals surface area contributed by atoms with E-state index in [0.717, 1.165) is 11.3 Å². The predicted octanol–water partition coefficient (Wildman–Crippen LogP) is 1.79. The van der Waals surface area contributed by atoms with Gasteiger partial charge in [0.05, 0.1) is 13.7 Å². The second kappa shape index (κ2) is 6.30. The normalized spacial score (nSPS) is 13.1. The lowest BCUT2D eigenvalue weighted by Gasteiger charge is -2.14. The number of sulfonamides is 1. The van der Waals surface area contributed by atoms with Gasteiger partial charge in [-0.3, -0.25) is 0 Å². The molecular weight excluding hydrogens is 292 g/mol. The highest BCUT2D eigenvalue weighted by molar-refractivity contribution is 7.89. The molecule has 21 heavy (non-hydrogen) atoms. The van der Waals surface area contributed by atoms with Crippen LogP contribution >= 0.6 is 0 Å². The van der Waals surface area contributed by atoms with Crippen molar-refractivity contribution in [3.8, 4) is 5.75 Å². The van der Waals surface area contributed by atoms with Crippen molar-refractivity contribution in [2.24, 2.45) is 5.14 Å². The lowest BCUT2D eigenvalue weighted by Crippen LogP contribution is -2.17. The minimum absolute atomic E-state index is 0.0585. The smallest absolute Gasteiger partial charge is 0.271 e. The molecule has 0 aliphatic heterocycles. The second-order valence-corrected chi connectivity index (χ2v) is 6.14. The quantitative estimate of drug-likeness (QED) is 0.848. The average Bonchev–Trinajstić information content (AvgIpc) is 2.94. The summed E-state index contributed by atoms with van der Waals surface area (Å²) in [5, 5.41) is 8.01. The first-order chi connectivity index (χ1) is 9.90. The molecule has 0 amide bonds. The number of methoxy groups -OCH3 is 1. The van der Waals surface area contributed by atoms with Gasteiger partial charge in [0.1, 0.15) is 11.5 Å². The van der Waals surface area contributed by atoms with Gasteiger partial charge in [-0.1, -0.05) is 12.1 Å². The van der Waals surface area contributed by atoms with E-state index in [4.69, 9.17) is 14.3 Å². The Bertz CT molecular complexity index is 709. The van der Waals surface area contributed by atoms with Crippen LogP contribution in [-0.4, -0.2) is 15.5 Å². The van der Waals surface area contributed by atoms with E-state index in [1.54, 1.807) is 13.2 Å². The van der Waals surface area contributed by atoms with Crippen LogP contribution in [0, 0.1) is 0 Å². The van der Waals surface area contributed by atoms with Gasteiger partial charge < -0.3 is 14.5 Å². The molecule has 0 aliphatic carbocycles. The van der Waals surface area contributed by atoms with Gasteiger partial charge in [-0.2, -0.15) is 0 Å². The molecule has 0 unspecified atom stereocenters. The van der Waals surface area contributed by atoms with Crippen LogP contribution in [0.15, 0.2) is 45.9 Å². The summed E-state index contributed by atoms with van der Waals surface area (Å²) in [6.45, 7) is 2.40. The van der Waals surface area contributed by atoms with E-state index in [-0.39, 0.29) is 11.1 Å². The standard InChI is InChI=1S/C14H18N2O4S/c1-10(11-4-3-5-12(8-11)19-2)16-9-13-6-7-14(20-13)21(15,17)18/h3-8,10,16H,9H2,1-2H3,(H2,15,17,18)/t10-/m1/s1. The molecular formula is C14H18N2O4S. The molecule has 1 atom stereocenters. The third-order valence-corrected chi connectivity index (χ3v) is 3.87. The van der Waals surface area contributed by atoms with Gasteiger partial charge in [-0.05, 0) is 36.8 Å². The van der Waals surface area contributed by atoms with E-state index in [2.05, 4.69) is 5.32 Å². The topological polar surface area (TPSA) is 94.6 Å². The van der Waals surface area contributed by atoms with Crippen LogP contribution in [-0.2, 0) is 16.6 Å². The van der Waals surface area contributed by atoms with Gasteiger partial charge in [0.25, 0.3) is 10.0 Å². The largest absolute Gasteiger partial charge is 0.497 e. The first-order valence-corrected chi connectivity index (χ1v) is 7.93. The number of nitrogens with one attached hydrogen (secondary N) is 1. The van der Waals surface area contributed by atoms with E-state index in [1.807, 2.05) is 31.2 Å². The molecule has 0 bridgehead atoms. The number of furan rings is 1. The summed E-state index contributed by atoms with van der Waals surface area (Å²) in [4.78, 5) is 0. The van der Waals surface area contributed by atoms with Gasteiger partial charge in [-0.25, -0.2) is 13.6 Å². The van der Waals surface area contributed by atoms with Crippen LogP contribution < -0.4 is 15.2 Å². The fraction of sp³-hybridized carbons (Fsp3) is 0.286. The number of rotatable bonds is 6. The minimum atomic E-state index is -3.79. The number of benzene rings is 1. The van der Waals surface area contributed by atoms with Crippen molar-refractivity contribution in [3.63, 3.8) is 0 Å². The van der Waals surface area contributed by atoms with Crippen molar-refractivity contribution in [3.05, 3.63) is 47.7 Å². The van der Waals surface area contributed by atoms with Crippen LogP contribution in [0.5, 0.6) is 5.75 Å². The fourth-order valence-corrected chi connectivity index (χ4v) is 2.37. The molecule has 2 aromatic rings. The van der Waals surface area contributed by atoms with Crippen LogP contribution in [0.25, 0.3) is 0 Å². The van der Waals surface area contributed by atoms with Crippen LogP contribution in [0.2, 0.25) is 0 Å². The SMILES string of the molecule is COc1cccc([C@@H](C)NCc2ccc(S(N)(=O)=O)o2)c1. The molecule has 114 valence electrons. The van der Waals surface area contributed by atoms with E-state index in [1.165, 1.54) is 6.07 Å². The molecule has 1 aromatic carbocycles. The predicted molar refractivity (Wildman–Crippen MR) is 78.3 cm³/mol. The summed E-state index contributed by atoms with van der Waals surface area (Å²) < 4.78 is 32.6. The highest BCUT2D eigenvalue weighted by atomic mass is 32.2. The Kier molecular flexibility index (Phi) is 4.66. The second-order valence-electron chi connectivity index (χ2n) is 4.64. The Morgan fingerprint density at radius 1 is 1.33 bits per heavy atom. The van der Waals surface area contributed by atoms with Crippen LogP contribution in [0.1, 0.15) is 24.3 Å². The van der Waals surface area contributed by atoms with Gasteiger partial charge >= 0.3 is 0 Å². The number of hydrogen-bond donors (Lipinski definition) is 2. The maximum absolute atomic E-state index is 11.1. The van der Waals surface area contributed by atoms with Crippen molar-refractivity contribution >= 4 is 10.0 Å². The molecule has 0 fully saturated rings. The maximum Gasteiger partial charge on any atom is 0.271 e. The van der Waals surface area contributed by atoms with Gasteiger partial charge in [0, 0.05) is 6.04 Å². The van der Waals surface area contributed by atoms with Crippen molar-refractivity contribution in [1.82, 2.24) is 5.32 Å². The van der Waals surface area contributed by atoms with E-state index in [0.29, 0.717) is 12.3 Å². The zero-order valence-electron chi connectivity index (χ0n) is 11.9. The molecule has 0 saturated heterocycles. The fourth-order valence-electron chi connectivity index (χ4n) is 1.89. The van der Waals surface area contributed by atoms with E-state index >= 15 is 0 Å². The Morgan fingerprint density at radius 2 is 2.10 bits per heavy atom. The van der Waals surface area contributed by atoms with Crippen molar-refractivity contribution in [2.45, 2.75) is 24.6 Å². The lowest BCUT2D eigenvalue weighted by atomic mass is 10.1. The number of primary sulfonamides is 1. The molecule has 1 heterocycles. The Labute approximate surface area is 124 Å². The molecule has 3 N–H and O–H groups in total. The monoisotopic (exact) mass is 310 g/mol. The Balaban J connectivity index is 2.00. The third kappa shape index (κ3) is 4.07. The summed E-state index contributed by atoms with van der Waals surface area (Å²) in [6.07, 6.45) is 0. The van der Waals surface area contributed by atoms with Gasteiger partial charge in [0.15, 0.2) is 0 Å². The lowest BCUT2D eigenvalue weighted by molar-refractivity contribution is 0.392. The van der Waals surface area contributed by atoms with Gasteiger partial charge in [0.2, 0.25) is 5.09 Å². The molecule has 0 saturated carbocycles. The summed E-state index contributed by atoms with van der Waals surface area (Å²) in [6, 6.07) is 10.7. The van der Waals surface area contributed by atoms with E-state index < -0.39 is 10.0 Å². The summed E-state index contributed by atoms with van der Waals surface area (Å²) in [5.41, 5.74) is 1.06. The van der Waals surface area contributed by atoms with Gasteiger partial charge in [-0.15, -0.1) is 0 Å². The minimum Gasteiger partial charge on any atom is -0.497 e. The summed E-state index contributed by atoms with van der Waals surface area (Å²) >= 11 is 0. The molecule has 0 aliphatic rings. The van der Waals surface area contributed by atoms with Crippen LogP contribution in [0.3, 0.4) is 0 Å². The molecule has 7 heteroatoms. The average molecular weight is 310 g/mol. The zero-order valence-corrected chi connectivity index (χ0v) is 12.7. The van der Waals surface area contributed by atoms with Crippen LogP contribution in [0.4, 0.5) is 0 Å². The molecule has 0 spiro atoms. The zero-order chi connectivity index (χ0) is 15.5. The third-order valence-electron chi connectivity index (χ3n) is 3.09. The Morgan fingerprint density at radius 3 is 2.71 bits per heavy atom. The molecule has 1 aromatic heterocycles. The number of nitrogens with two attached hydrogens (primary N) is 1. The molecule has 2 rings (SSSR count). The molecule has 6 nitrogen and oxygen atoms in total. The Hall–Kier alpha value is -1.83. The van der Waals surface area contributed by atoms with E-state index in [9.17, 15) is 8.42 Å². The summed E-state index contributed by atoms with van der Waals surface area (Å²) in [7, 11) is -2.17. The highest BCUT2D eigenvalue weighted by Crippen LogP contribution is 2.19. The number of hydrogen-bond acceptors (Lipinski definition) is 5. The van der Waals surface area contributed by atoms with Crippen molar-refractivity contribution < 1.29 is 17.6 Å². The highest BCUT2D eigenvalue weighted by Gasteiger charge is 2.14. The first kappa shape index (κ1) is 15.6. The maximum atomic E-state index is 11.1. The van der Waals surface area contributed by atoms with Crippen molar-refractivity contribution in [1.29, 1.82) is 0 Å².